The summed E-state index contributed by atoms with van der Waals surface area (Å²) in [7, 11) is 1.98. The van der Waals surface area contributed by atoms with Crippen LogP contribution < -0.4 is 10.6 Å². The average molecular weight is 503 g/mol. The summed E-state index contributed by atoms with van der Waals surface area (Å²) < 4.78 is 1.98. The third kappa shape index (κ3) is 6.41. The van der Waals surface area contributed by atoms with Crippen molar-refractivity contribution < 1.29 is 0 Å². The predicted molar refractivity (Wildman–Crippen MR) is 121 cm³/mol. The molecule has 0 aliphatic heterocycles. The largest absolute Gasteiger partial charge is 0.356 e. The normalized spacial score (nSPS) is 15.0. The lowest BCUT2D eigenvalue weighted by atomic mass is 10.2. The lowest BCUT2D eigenvalue weighted by molar-refractivity contribution is 0.610. The van der Waals surface area contributed by atoms with Crippen molar-refractivity contribution in [2.24, 2.45) is 12.0 Å². The van der Waals surface area contributed by atoms with Gasteiger partial charge in [0.1, 0.15) is 12.4 Å². The molecular weight excluding hydrogens is 473 g/mol. The molecule has 0 spiro atoms. The molecule has 7 nitrogen and oxygen atoms in total. The van der Waals surface area contributed by atoms with E-state index in [1.807, 2.05) is 24.7 Å². The van der Waals surface area contributed by atoms with Crippen molar-refractivity contribution in [3.63, 3.8) is 0 Å². The van der Waals surface area contributed by atoms with Crippen molar-refractivity contribution in [1.29, 1.82) is 0 Å². The van der Waals surface area contributed by atoms with E-state index in [1.54, 1.807) is 11.3 Å². The number of nitrogens with zero attached hydrogens (tertiary/aromatic N) is 5. The zero-order chi connectivity index (χ0) is 18.4. The van der Waals surface area contributed by atoms with Gasteiger partial charge in [0.25, 0.3) is 0 Å². The van der Waals surface area contributed by atoms with Crippen molar-refractivity contribution in [3.8, 4) is 0 Å². The maximum atomic E-state index is 4.74. The molecule has 3 rings (SSSR count). The summed E-state index contributed by atoms with van der Waals surface area (Å²) in [6.45, 7) is 5.47. The Hall–Kier alpha value is -1.23. The minimum atomic E-state index is 0. The van der Waals surface area contributed by atoms with Crippen LogP contribution in [0.2, 0.25) is 0 Å². The van der Waals surface area contributed by atoms with E-state index in [0.717, 1.165) is 37.0 Å². The van der Waals surface area contributed by atoms with Crippen LogP contribution in [-0.4, -0.2) is 38.3 Å². The first-order chi connectivity index (χ1) is 12.7. The van der Waals surface area contributed by atoms with E-state index < -0.39 is 0 Å². The number of aryl methyl sites for hydroxylation is 2. The number of rotatable bonds is 7. The number of halogens is 1. The standard InChI is InChI=1S/C18H29N7S.HI/c1-4-15-11-20-17(26-15)9-10-19-18(22-14-7-5-6-8-14)21-12-16-24-23-13(2)25(16)3;/h11,14H,4-10,12H2,1-3H3,(H2,19,21,22);1H. The van der Waals surface area contributed by atoms with Gasteiger partial charge in [0.15, 0.2) is 11.8 Å². The Morgan fingerprint density at radius 3 is 2.74 bits per heavy atom. The smallest absolute Gasteiger partial charge is 0.191 e. The maximum Gasteiger partial charge on any atom is 0.191 e. The molecule has 0 amide bonds. The Morgan fingerprint density at radius 1 is 1.33 bits per heavy atom. The van der Waals surface area contributed by atoms with Crippen LogP contribution in [0.15, 0.2) is 11.2 Å². The van der Waals surface area contributed by atoms with E-state index in [2.05, 4.69) is 32.7 Å². The van der Waals surface area contributed by atoms with Crippen LogP contribution >= 0.6 is 35.3 Å². The molecule has 1 aliphatic carbocycles. The van der Waals surface area contributed by atoms with Crippen LogP contribution in [0.1, 0.15) is 54.1 Å². The second-order valence-corrected chi connectivity index (χ2v) is 7.96. The van der Waals surface area contributed by atoms with Gasteiger partial charge in [0.05, 0.1) is 5.01 Å². The van der Waals surface area contributed by atoms with Gasteiger partial charge < -0.3 is 15.2 Å². The molecular formula is C18H30IN7S. The van der Waals surface area contributed by atoms with E-state index in [4.69, 9.17) is 4.99 Å². The first-order valence-corrected chi connectivity index (χ1v) is 10.3. The van der Waals surface area contributed by atoms with Crippen molar-refractivity contribution >= 4 is 41.3 Å². The summed E-state index contributed by atoms with van der Waals surface area (Å²) in [5.74, 6) is 2.65. The minimum absolute atomic E-state index is 0. The van der Waals surface area contributed by atoms with Crippen LogP contribution in [-0.2, 0) is 26.4 Å². The third-order valence-corrected chi connectivity index (χ3v) is 6.04. The Morgan fingerprint density at radius 2 is 2.11 bits per heavy atom. The van der Waals surface area contributed by atoms with Gasteiger partial charge in [-0.05, 0) is 26.2 Å². The summed E-state index contributed by atoms with van der Waals surface area (Å²) in [6, 6.07) is 0.522. The van der Waals surface area contributed by atoms with Crippen LogP contribution in [0, 0.1) is 6.92 Å². The molecule has 0 radical (unpaired) electrons. The number of nitrogens with one attached hydrogen (secondary N) is 2. The van der Waals surface area contributed by atoms with Crippen LogP contribution in [0.3, 0.4) is 0 Å². The molecule has 2 heterocycles. The lowest BCUT2D eigenvalue weighted by Gasteiger charge is -2.17. The van der Waals surface area contributed by atoms with Gasteiger partial charge in [-0.15, -0.1) is 45.5 Å². The van der Waals surface area contributed by atoms with Crippen molar-refractivity contribution in [2.45, 2.75) is 65.0 Å². The Balaban J connectivity index is 0.00000261. The first-order valence-electron chi connectivity index (χ1n) is 9.49. The summed E-state index contributed by atoms with van der Waals surface area (Å²) in [5, 5.41) is 16.5. The highest BCUT2D eigenvalue weighted by Crippen LogP contribution is 2.17. The van der Waals surface area contributed by atoms with Gasteiger partial charge >= 0.3 is 0 Å². The van der Waals surface area contributed by atoms with Gasteiger partial charge in [0.2, 0.25) is 0 Å². The molecule has 27 heavy (non-hydrogen) atoms. The Kier molecular flexibility index (Phi) is 8.94. The Labute approximate surface area is 182 Å². The third-order valence-electron chi connectivity index (χ3n) is 4.84. The molecule has 150 valence electrons. The SMILES string of the molecule is CCc1cnc(CCNC(=NCc2nnc(C)n2C)NC2CCCC2)s1.I. The van der Waals surface area contributed by atoms with E-state index in [1.165, 1.54) is 35.6 Å². The summed E-state index contributed by atoms with van der Waals surface area (Å²) >= 11 is 1.80. The summed E-state index contributed by atoms with van der Waals surface area (Å²) in [4.78, 5) is 10.6. The van der Waals surface area contributed by atoms with Gasteiger partial charge in [-0.25, -0.2) is 9.98 Å². The number of aliphatic imine (C=N–C) groups is 1. The van der Waals surface area contributed by atoms with Gasteiger partial charge in [-0.1, -0.05) is 19.8 Å². The number of thiazole rings is 1. The second kappa shape index (κ2) is 10.9. The molecule has 9 heteroatoms. The molecule has 0 bridgehead atoms. The summed E-state index contributed by atoms with van der Waals surface area (Å²) in [6.07, 6.45) is 8.99. The predicted octanol–water partition coefficient (Wildman–Crippen LogP) is 2.98. The lowest BCUT2D eigenvalue weighted by Crippen LogP contribution is -2.43. The van der Waals surface area contributed by atoms with Crippen molar-refractivity contribution in [1.82, 2.24) is 30.4 Å². The minimum Gasteiger partial charge on any atom is -0.356 e. The van der Waals surface area contributed by atoms with E-state index in [9.17, 15) is 0 Å². The second-order valence-electron chi connectivity index (χ2n) is 6.76. The monoisotopic (exact) mass is 503 g/mol. The molecule has 1 fully saturated rings. The van der Waals surface area contributed by atoms with Gasteiger partial charge in [-0.2, -0.15) is 0 Å². The fourth-order valence-electron chi connectivity index (χ4n) is 3.07. The number of hydrogen-bond acceptors (Lipinski definition) is 5. The zero-order valence-electron chi connectivity index (χ0n) is 16.4. The van der Waals surface area contributed by atoms with Crippen LogP contribution in [0.4, 0.5) is 0 Å². The van der Waals surface area contributed by atoms with Crippen molar-refractivity contribution in [3.05, 3.63) is 27.7 Å². The van der Waals surface area contributed by atoms with Crippen LogP contribution in [0.25, 0.3) is 0 Å². The molecule has 2 N–H and O–H groups in total. The van der Waals surface area contributed by atoms with Gasteiger partial charge in [0, 0.05) is 37.1 Å². The van der Waals surface area contributed by atoms with Gasteiger partial charge in [-0.3, -0.25) is 0 Å². The molecule has 2 aromatic rings. The first kappa shape index (κ1) is 22.1. The molecule has 1 saturated carbocycles. The quantitative estimate of drug-likeness (QED) is 0.345. The Bertz CT molecular complexity index is 734. The highest BCUT2D eigenvalue weighted by molar-refractivity contribution is 14.0. The topological polar surface area (TPSA) is 80.0 Å². The number of guanidine groups is 1. The van der Waals surface area contributed by atoms with E-state index >= 15 is 0 Å². The number of aromatic nitrogens is 4. The fraction of sp³-hybridized carbons (Fsp3) is 0.667. The van der Waals surface area contributed by atoms with E-state index in [-0.39, 0.29) is 24.0 Å². The molecule has 0 saturated heterocycles. The molecule has 2 aromatic heterocycles. The fourth-order valence-corrected chi connectivity index (χ4v) is 3.93. The molecule has 0 atom stereocenters. The maximum absolute atomic E-state index is 4.74. The molecule has 0 aromatic carbocycles. The highest BCUT2D eigenvalue weighted by atomic mass is 127. The summed E-state index contributed by atoms with van der Waals surface area (Å²) in [5.41, 5.74) is 0. The molecule has 1 aliphatic rings. The molecule has 0 unspecified atom stereocenters. The zero-order valence-corrected chi connectivity index (χ0v) is 19.5. The van der Waals surface area contributed by atoms with Crippen molar-refractivity contribution in [2.75, 3.05) is 6.54 Å². The highest BCUT2D eigenvalue weighted by Gasteiger charge is 2.16. The average Bonchev–Trinajstić information content (AvgIpc) is 3.37. The van der Waals surface area contributed by atoms with Crippen LogP contribution in [0.5, 0.6) is 0 Å². The van der Waals surface area contributed by atoms with E-state index in [0.29, 0.717) is 12.6 Å². The number of hydrogen-bond donors (Lipinski definition) is 2.